The maximum atomic E-state index is 12.2. The van der Waals surface area contributed by atoms with Crippen LogP contribution >= 0.6 is 0 Å². The van der Waals surface area contributed by atoms with E-state index < -0.39 is 15.8 Å². The maximum Gasteiger partial charge on any atom is 0.338 e. The number of methoxy groups -OCH3 is 1. The van der Waals surface area contributed by atoms with Crippen LogP contribution in [0.4, 0.5) is 0 Å². The second-order valence-electron chi connectivity index (χ2n) is 5.16. The zero-order chi connectivity index (χ0) is 17.0. The summed E-state index contributed by atoms with van der Waals surface area (Å²) in [6, 6.07) is 15.7. The van der Waals surface area contributed by atoms with E-state index in [-0.39, 0.29) is 4.90 Å². The Labute approximate surface area is 136 Å². The number of ether oxygens (including phenoxy) is 1. The summed E-state index contributed by atoms with van der Waals surface area (Å²) in [6.07, 6.45) is 1.16. The fraction of sp³-hybridized carbons (Fsp3) is 0.167. The molecule has 0 unspecified atom stereocenters. The Morgan fingerprint density at radius 1 is 0.957 bits per heavy atom. The lowest BCUT2D eigenvalue weighted by atomic mass is 9.96. The molecule has 0 saturated heterocycles. The monoisotopic (exact) mass is 330 g/mol. The van der Waals surface area contributed by atoms with Crippen molar-refractivity contribution < 1.29 is 17.9 Å². The minimum atomic E-state index is -3.31. The van der Waals surface area contributed by atoms with E-state index in [2.05, 4.69) is 0 Å². The van der Waals surface area contributed by atoms with Crippen LogP contribution in [0.1, 0.15) is 18.1 Å². The van der Waals surface area contributed by atoms with Crippen LogP contribution in [-0.4, -0.2) is 27.8 Å². The molecular weight excluding hydrogens is 312 g/mol. The lowest BCUT2D eigenvalue weighted by Gasteiger charge is -2.12. The summed E-state index contributed by atoms with van der Waals surface area (Å²) in [5.74, 6) is -0.460. The molecule has 2 aromatic carbocycles. The standard InChI is InChI=1S/C18H18O4S/c1-13(15-10-7-11-16(12-15)23(3,20)21)17(18(19)22-2)14-8-5-4-6-9-14/h4-12H,1-3H3/b17-13+. The Bertz CT molecular complexity index is 850. The van der Waals surface area contributed by atoms with Crippen LogP contribution in [0.3, 0.4) is 0 Å². The van der Waals surface area contributed by atoms with Crippen LogP contribution in [-0.2, 0) is 19.4 Å². The van der Waals surface area contributed by atoms with Crippen LogP contribution in [0, 0.1) is 0 Å². The Morgan fingerprint density at radius 2 is 1.57 bits per heavy atom. The number of benzene rings is 2. The van der Waals surface area contributed by atoms with Crippen molar-refractivity contribution in [1.29, 1.82) is 0 Å². The molecule has 0 N–H and O–H groups in total. The molecule has 0 amide bonds. The fourth-order valence-electron chi connectivity index (χ4n) is 2.30. The van der Waals surface area contributed by atoms with Gasteiger partial charge in [0.2, 0.25) is 0 Å². The summed E-state index contributed by atoms with van der Waals surface area (Å²) in [6.45, 7) is 1.78. The molecule has 120 valence electrons. The van der Waals surface area contributed by atoms with E-state index in [1.54, 1.807) is 25.1 Å². The molecule has 0 radical (unpaired) electrons. The number of esters is 1. The molecule has 2 rings (SSSR count). The van der Waals surface area contributed by atoms with Crippen molar-refractivity contribution in [2.24, 2.45) is 0 Å². The van der Waals surface area contributed by atoms with Gasteiger partial charge in [0, 0.05) is 6.26 Å². The molecule has 0 aliphatic carbocycles. The van der Waals surface area contributed by atoms with Crippen LogP contribution in [0.25, 0.3) is 11.1 Å². The Balaban J connectivity index is 2.66. The van der Waals surface area contributed by atoms with Gasteiger partial charge in [-0.2, -0.15) is 0 Å². The normalized spacial score (nSPS) is 12.5. The van der Waals surface area contributed by atoms with E-state index >= 15 is 0 Å². The minimum absolute atomic E-state index is 0.214. The smallest absolute Gasteiger partial charge is 0.338 e. The summed E-state index contributed by atoms with van der Waals surface area (Å²) < 4.78 is 28.4. The van der Waals surface area contributed by atoms with Crippen LogP contribution in [0.2, 0.25) is 0 Å². The topological polar surface area (TPSA) is 60.4 Å². The molecular formula is C18H18O4S. The van der Waals surface area contributed by atoms with E-state index in [0.29, 0.717) is 16.7 Å². The lowest BCUT2D eigenvalue weighted by Crippen LogP contribution is -2.06. The SMILES string of the molecule is COC(=O)/C(=C(\C)c1cccc(S(C)(=O)=O)c1)c1ccccc1. The van der Waals surface area contributed by atoms with Gasteiger partial charge in [0.25, 0.3) is 0 Å². The highest BCUT2D eigenvalue weighted by Crippen LogP contribution is 2.28. The highest BCUT2D eigenvalue weighted by atomic mass is 32.2. The molecule has 0 aliphatic rings. The third-order valence-corrected chi connectivity index (χ3v) is 4.63. The predicted octanol–water partition coefficient (Wildman–Crippen LogP) is 3.19. The number of hydrogen-bond acceptors (Lipinski definition) is 4. The first kappa shape index (κ1) is 17.0. The molecule has 0 aliphatic heterocycles. The summed E-state index contributed by atoms with van der Waals surface area (Å²) >= 11 is 0. The predicted molar refractivity (Wildman–Crippen MR) is 90.5 cm³/mol. The van der Waals surface area contributed by atoms with E-state index in [0.717, 1.165) is 11.8 Å². The molecule has 5 heteroatoms. The zero-order valence-corrected chi connectivity index (χ0v) is 14.1. The highest BCUT2D eigenvalue weighted by molar-refractivity contribution is 7.90. The molecule has 0 heterocycles. The van der Waals surface area contributed by atoms with Crippen molar-refractivity contribution >= 4 is 27.0 Å². The van der Waals surface area contributed by atoms with E-state index in [1.807, 2.05) is 30.3 Å². The van der Waals surface area contributed by atoms with Gasteiger partial charge in [0.05, 0.1) is 17.6 Å². The molecule has 0 atom stereocenters. The highest BCUT2D eigenvalue weighted by Gasteiger charge is 2.17. The lowest BCUT2D eigenvalue weighted by molar-refractivity contribution is -0.133. The van der Waals surface area contributed by atoms with Crippen LogP contribution in [0.5, 0.6) is 0 Å². The van der Waals surface area contributed by atoms with Gasteiger partial charge >= 0.3 is 5.97 Å². The Morgan fingerprint density at radius 3 is 2.13 bits per heavy atom. The van der Waals surface area contributed by atoms with Gasteiger partial charge in [-0.3, -0.25) is 0 Å². The quantitative estimate of drug-likeness (QED) is 0.491. The van der Waals surface area contributed by atoms with Crippen LogP contribution in [0.15, 0.2) is 59.5 Å². The molecule has 0 bridgehead atoms. The molecule has 0 spiro atoms. The number of carbonyl (C=O) groups is 1. The summed E-state index contributed by atoms with van der Waals surface area (Å²) in [7, 11) is -1.99. The number of allylic oxidation sites excluding steroid dienone is 1. The van der Waals surface area contributed by atoms with Gasteiger partial charge in [-0.05, 0) is 35.8 Å². The second kappa shape index (κ2) is 6.79. The van der Waals surface area contributed by atoms with Gasteiger partial charge in [0.15, 0.2) is 9.84 Å². The molecule has 0 saturated carbocycles. The third kappa shape index (κ3) is 3.87. The average Bonchev–Trinajstić information content (AvgIpc) is 2.55. The van der Waals surface area contributed by atoms with Crippen molar-refractivity contribution in [3.8, 4) is 0 Å². The fourth-order valence-corrected chi connectivity index (χ4v) is 2.97. The van der Waals surface area contributed by atoms with E-state index in [1.165, 1.54) is 13.2 Å². The van der Waals surface area contributed by atoms with Crippen molar-refractivity contribution in [3.05, 3.63) is 65.7 Å². The van der Waals surface area contributed by atoms with E-state index in [9.17, 15) is 13.2 Å². The summed E-state index contributed by atoms with van der Waals surface area (Å²) in [4.78, 5) is 12.4. The van der Waals surface area contributed by atoms with Gasteiger partial charge in [0.1, 0.15) is 0 Å². The van der Waals surface area contributed by atoms with Gasteiger partial charge in [-0.25, -0.2) is 13.2 Å². The largest absolute Gasteiger partial charge is 0.465 e. The molecule has 2 aromatic rings. The van der Waals surface area contributed by atoms with Crippen molar-refractivity contribution in [2.75, 3.05) is 13.4 Å². The number of carbonyl (C=O) groups excluding carboxylic acids is 1. The molecule has 23 heavy (non-hydrogen) atoms. The summed E-state index contributed by atoms with van der Waals surface area (Å²) in [5, 5.41) is 0. The maximum absolute atomic E-state index is 12.2. The Kier molecular flexibility index (Phi) is 5.01. The molecule has 0 fully saturated rings. The van der Waals surface area contributed by atoms with Gasteiger partial charge in [-0.1, -0.05) is 42.5 Å². The number of sulfone groups is 1. The van der Waals surface area contributed by atoms with Crippen molar-refractivity contribution in [2.45, 2.75) is 11.8 Å². The second-order valence-corrected chi connectivity index (χ2v) is 7.17. The first-order valence-corrected chi connectivity index (χ1v) is 8.89. The number of hydrogen-bond donors (Lipinski definition) is 0. The van der Waals surface area contributed by atoms with Crippen molar-refractivity contribution in [3.63, 3.8) is 0 Å². The van der Waals surface area contributed by atoms with E-state index in [4.69, 9.17) is 4.74 Å². The zero-order valence-electron chi connectivity index (χ0n) is 13.2. The first-order chi connectivity index (χ1) is 10.8. The van der Waals surface area contributed by atoms with Crippen molar-refractivity contribution in [1.82, 2.24) is 0 Å². The molecule has 0 aromatic heterocycles. The summed E-state index contributed by atoms with van der Waals surface area (Å²) in [5.41, 5.74) is 2.46. The van der Waals surface area contributed by atoms with Crippen LogP contribution < -0.4 is 0 Å². The van der Waals surface area contributed by atoms with Gasteiger partial charge in [-0.15, -0.1) is 0 Å². The minimum Gasteiger partial charge on any atom is -0.465 e. The third-order valence-electron chi connectivity index (χ3n) is 3.52. The van der Waals surface area contributed by atoms with Gasteiger partial charge < -0.3 is 4.74 Å². The number of rotatable bonds is 4. The first-order valence-electron chi connectivity index (χ1n) is 6.99. The average molecular weight is 330 g/mol. The Hall–Kier alpha value is -2.40. The molecule has 4 nitrogen and oxygen atoms in total.